The van der Waals surface area contributed by atoms with Crippen LogP contribution in [0.5, 0.6) is 0 Å². The van der Waals surface area contributed by atoms with Crippen molar-refractivity contribution < 1.29 is 13.5 Å². The van der Waals surface area contributed by atoms with Crippen LogP contribution in [-0.2, 0) is 10.0 Å². The van der Waals surface area contributed by atoms with E-state index in [-0.39, 0.29) is 12.6 Å². The third-order valence-corrected chi connectivity index (χ3v) is 3.18. The van der Waals surface area contributed by atoms with E-state index in [1.54, 1.807) is 0 Å². The largest absolute Gasteiger partial charge is 0.395 e. The highest BCUT2D eigenvalue weighted by atomic mass is 32.2. The van der Waals surface area contributed by atoms with Gasteiger partial charge in [-0.05, 0) is 0 Å². The van der Waals surface area contributed by atoms with Gasteiger partial charge in [-0.1, -0.05) is 0 Å². The van der Waals surface area contributed by atoms with Gasteiger partial charge in [-0.25, -0.2) is 8.42 Å². The number of hydrogen-bond donors (Lipinski definition) is 2. The monoisotopic (exact) mass is 194 g/mol. The molecule has 0 aliphatic carbocycles. The normalized spacial score (nSPS) is 27.3. The zero-order valence-electron chi connectivity index (χ0n) is 7.02. The molecule has 5 nitrogen and oxygen atoms in total. The maximum absolute atomic E-state index is 11.1. The standard InChI is InChI=1S/C6H14N2O3S/c1-12(10,11)8-3-2-7-6(4-8)5-9/h6-7,9H,2-5H2,1H3/t6-/m1/s1. The van der Waals surface area contributed by atoms with Crippen molar-refractivity contribution in [3.05, 3.63) is 0 Å². The minimum atomic E-state index is -3.09. The molecule has 0 saturated carbocycles. The van der Waals surface area contributed by atoms with Gasteiger partial charge in [0.15, 0.2) is 0 Å². The number of piperazine rings is 1. The number of sulfonamides is 1. The summed E-state index contributed by atoms with van der Waals surface area (Å²) in [4.78, 5) is 0. The topological polar surface area (TPSA) is 69.6 Å². The van der Waals surface area contributed by atoms with Gasteiger partial charge in [-0.2, -0.15) is 4.31 Å². The fourth-order valence-corrected chi connectivity index (χ4v) is 2.09. The lowest BCUT2D eigenvalue weighted by Gasteiger charge is -2.30. The van der Waals surface area contributed by atoms with Gasteiger partial charge in [0.25, 0.3) is 0 Å². The van der Waals surface area contributed by atoms with E-state index in [1.165, 1.54) is 10.6 Å². The summed E-state index contributed by atoms with van der Waals surface area (Å²) in [6.07, 6.45) is 1.19. The molecular weight excluding hydrogens is 180 g/mol. The Hall–Kier alpha value is -0.170. The Labute approximate surface area is 72.4 Å². The fourth-order valence-electron chi connectivity index (χ4n) is 1.22. The summed E-state index contributed by atoms with van der Waals surface area (Å²) < 4.78 is 23.5. The van der Waals surface area contributed by atoms with Crippen LogP contribution < -0.4 is 5.32 Å². The predicted molar refractivity (Wildman–Crippen MR) is 45.3 cm³/mol. The van der Waals surface area contributed by atoms with E-state index >= 15 is 0 Å². The molecule has 12 heavy (non-hydrogen) atoms. The second-order valence-electron chi connectivity index (χ2n) is 2.95. The zero-order valence-corrected chi connectivity index (χ0v) is 7.84. The molecule has 1 fully saturated rings. The second-order valence-corrected chi connectivity index (χ2v) is 4.94. The Morgan fingerprint density at radius 3 is 2.83 bits per heavy atom. The van der Waals surface area contributed by atoms with E-state index < -0.39 is 10.0 Å². The molecule has 72 valence electrons. The minimum absolute atomic E-state index is 0.0218. The number of hydrogen-bond acceptors (Lipinski definition) is 4. The third kappa shape index (κ3) is 2.41. The molecule has 2 N–H and O–H groups in total. The summed E-state index contributed by atoms with van der Waals surface area (Å²) in [5, 5.41) is 11.8. The summed E-state index contributed by atoms with van der Waals surface area (Å²) in [5.41, 5.74) is 0. The van der Waals surface area contributed by atoms with Gasteiger partial charge in [0, 0.05) is 25.7 Å². The van der Waals surface area contributed by atoms with Crippen molar-refractivity contribution in [2.45, 2.75) is 6.04 Å². The lowest BCUT2D eigenvalue weighted by molar-refractivity contribution is 0.196. The third-order valence-electron chi connectivity index (χ3n) is 1.91. The first kappa shape index (κ1) is 9.91. The molecule has 6 heteroatoms. The maximum atomic E-state index is 11.1. The van der Waals surface area contributed by atoms with Gasteiger partial charge in [-0.3, -0.25) is 0 Å². The first-order valence-corrected chi connectivity index (χ1v) is 5.68. The lowest BCUT2D eigenvalue weighted by Crippen LogP contribution is -2.53. The smallest absolute Gasteiger partial charge is 0.211 e. The molecule has 0 aromatic carbocycles. The van der Waals surface area contributed by atoms with E-state index in [0.29, 0.717) is 19.6 Å². The van der Waals surface area contributed by atoms with Crippen LogP contribution in [0.3, 0.4) is 0 Å². The van der Waals surface area contributed by atoms with Crippen LogP contribution in [0.1, 0.15) is 0 Å². The van der Waals surface area contributed by atoms with Gasteiger partial charge in [0.1, 0.15) is 0 Å². The summed E-state index contributed by atoms with van der Waals surface area (Å²) in [6, 6.07) is -0.117. The molecule has 0 radical (unpaired) electrons. The molecule has 1 saturated heterocycles. The number of nitrogens with one attached hydrogen (secondary N) is 1. The molecule has 0 spiro atoms. The molecular formula is C6H14N2O3S. The van der Waals surface area contributed by atoms with Crippen molar-refractivity contribution in [3.63, 3.8) is 0 Å². The van der Waals surface area contributed by atoms with Gasteiger partial charge < -0.3 is 10.4 Å². The maximum Gasteiger partial charge on any atom is 0.211 e. The predicted octanol–water partition coefficient (Wildman–Crippen LogP) is -1.79. The summed E-state index contributed by atoms with van der Waals surface area (Å²) in [7, 11) is -3.09. The van der Waals surface area contributed by atoms with Crippen molar-refractivity contribution in [2.75, 3.05) is 32.5 Å². The van der Waals surface area contributed by atoms with Crippen molar-refractivity contribution in [3.8, 4) is 0 Å². The summed E-state index contributed by atoms with van der Waals surface area (Å²) in [5.74, 6) is 0. The van der Waals surface area contributed by atoms with E-state index in [1.807, 2.05) is 0 Å². The molecule has 1 heterocycles. The summed E-state index contributed by atoms with van der Waals surface area (Å²) >= 11 is 0. The van der Waals surface area contributed by atoms with Gasteiger partial charge >= 0.3 is 0 Å². The van der Waals surface area contributed by atoms with Gasteiger partial charge in [0.05, 0.1) is 12.9 Å². The molecule has 0 bridgehead atoms. The van der Waals surface area contributed by atoms with Crippen molar-refractivity contribution >= 4 is 10.0 Å². The van der Waals surface area contributed by atoms with Crippen LogP contribution in [0.25, 0.3) is 0 Å². The first-order chi connectivity index (χ1) is 5.54. The Morgan fingerprint density at radius 2 is 2.33 bits per heavy atom. The van der Waals surface area contributed by atoms with Crippen molar-refractivity contribution in [1.82, 2.24) is 9.62 Å². The highest BCUT2D eigenvalue weighted by Gasteiger charge is 2.24. The van der Waals surface area contributed by atoms with Crippen molar-refractivity contribution in [2.24, 2.45) is 0 Å². The molecule has 0 amide bonds. The highest BCUT2D eigenvalue weighted by Crippen LogP contribution is 2.03. The molecule has 0 unspecified atom stereocenters. The second kappa shape index (κ2) is 3.69. The molecule has 1 aliphatic heterocycles. The van der Waals surface area contributed by atoms with Crippen LogP contribution >= 0.6 is 0 Å². The van der Waals surface area contributed by atoms with E-state index in [4.69, 9.17) is 5.11 Å². The Morgan fingerprint density at radius 1 is 1.67 bits per heavy atom. The fraction of sp³-hybridized carbons (Fsp3) is 1.00. The van der Waals surface area contributed by atoms with Crippen LogP contribution in [0.15, 0.2) is 0 Å². The Balaban J connectivity index is 2.58. The minimum Gasteiger partial charge on any atom is -0.395 e. The number of nitrogens with zero attached hydrogens (tertiary/aromatic N) is 1. The van der Waals surface area contributed by atoms with Crippen LogP contribution in [-0.4, -0.2) is 56.4 Å². The van der Waals surface area contributed by atoms with Gasteiger partial charge in [-0.15, -0.1) is 0 Å². The van der Waals surface area contributed by atoms with E-state index in [9.17, 15) is 8.42 Å². The zero-order chi connectivity index (χ0) is 9.19. The Kier molecular flexibility index (Phi) is 3.05. The van der Waals surface area contributed by atoms with Gasteiger partial charge in [0.2, 0.25) is 10.0 Å². The number of aliphatic hydroxyl groups is 1. The van der Waals surface area contributed by atoms with Crippen molar-refractivity contribution in [1.29, 1.82) is 0 Å². The first-order valence-electron chi connectivity index (χ1n) is 3.83. The van der Waals surface area contributed by atoms with E-state index in [0.717, 1.165) is 0 Å². The molecule has 1 atom stereocenters. The highest BCUT2D eigenvalue weighted by molar-refractivity contribution is 7.88. The van der Waals surface area contributed by atoms with Crippen LogP contribution in [0.2, 0.25) is 0 Å². The van der Waals surface area contributed by atoms with Crippen LogP contribution in [0, 0.1) is 0 Å². The van der Waals surface area contributed by atoms with Crippen LogP contribution in [0.4, 0.5) is 0 Å². The SMILES string of the molecule is CS(=O)(=O)N1CCN[C@@H](CO)C1. The molecule has 1 aliphatic rings. The quantitative estimate of drug-likeness (QED) is 0.545. The average molecular weight is 194 g/mol. The lowest BCUT2D eigenvalue weighted by atomic mass is 10.2. The average Bonchev–Trinajstić information content (AvgIpc) is 2.03. The number of rotatable bonds is 2. The number of aliphatic hydroxyl groups excluding tert-OH is 1. The van der Waals surface area contributed by atoms with E-state index in [2.05, 4.69) is 5.32 Å². The molecule has 0 aromatic rings. The summed E-state index contributed by atoms with van der Waals surface area (Å²) in [6.45, 7) is 1.45. The molecule has 1 rings (SSSR count). The molecule has 0 aromatic heterocycles. The Bertz CT molecular complexity index is 239.